The van der Waals surface area contributed by atoms with E-state index >= 15 is 0 Å². The summed E-state index contributed by atoms with van der Waals surface area (Å²) in [5, 5.41) is 0. The Kier molecular flexibility index (Phi) is 5.77. The summed E-state index contributed by atoms with van der Waals surface area (Å²) in [4.78, 5) is 12.8. The average Bonchev–Trinajstić information content (AvgIpc) is 2.72. The Bertz CT molecular complexity index is 912. The fraction of sp³-hybridized carbons (Fsp3) is 0.174. The molecule has 0 saturated carbocycles. The van der Waals surface area contributed by atoms with Crippen LogP contribution in [-0.2, 0) is 6.61 Å². The fourth-order valence-electron chi connectivity index (χ4n) is 2.70. The monoisotopic (exact) mass is 362 g/mol. The molecule has 0 bridgehead atoms. The van der Waals surface area contributed by atoms with E-state index in [2.05, 4.69) is 19.1 Å². The Morgan fingerprint density at radius 2 is 1.48 bits per heavy atom. The van der Waals surface area contributed by atoms with Gasteiger partial charge in [0.1, 0.15) is 23.9 Å². The quantitative estimate of drug-likeness (QED) is 0.565. The van der Waals surface area contributed by atoms with E-state index in [1.165, 1.54) is 12.7 Å². The highest BCUT2D eigenvalue weighted by Gasteiger charge is 2.15. The Morgan fingerprint density at radius 3 is 2.11 bits per heavy atom. The van der Waals surface area contributed by atoms with Crippen LogP contribution in [0, 0.1) is 6.92 Å². The van der Waals surface area contributed by atoms with Gasteiger partial charge in [0.05, 0.1) is 19.8 Å². The van der Waals surface area contributed by atoms with Crippen LogP contribution < -0.4 is 14.2 Å². The van der Waals surface area contributed by atoms with Gasteiger partial charge in [0, 0.05) is 11.6 Å². The van der Waals surface area contributed by atoms with E-state index in [9.17, 15) is 4.79 Å². The fourth-order valence-corrected chi connectivity index (χ4v) is 2.70. The minimum absolute atomic E-state index is 0.111. The molecule has 27 heavy (non-hydrogen) atoms. The number of carbonyl (C=O) groups is 1. The van der Waals surface area contributed by atoms with Gasteiger partial charge in [-0.1, -0.05) is 29.8 Å². The lowest BCUT2D eigenvalue weighted by molar-refractivity contribution is 0.103. The summed E-state index contributed by atoms with van der Waals surface area (Å²) in [5.41, 5.74) is 3.38. The predicted octanol–water partition coefficient (Wildman–Crippen LogP) is 4.82. The van der Waals surface area contributed by atoms with Crippen LogP contribution in [-0.4, -0.2) is 20.0 Å². The standard InChI is InChI=1S/C23H22O4/c1-16-4-6-17(7-5-16)15-27-19-10-8-18(9-11-19)23(24)21-13-12-20(25-2)14-22(21)26-3/h4-14H,15H2,1-3H3. The van der Waals surface area contributed by atoms with Crippen molar-refractivity contribution in [3.05, 3.63) is 89.0 Å². The van der Waals surface area contributed by atoms with Crippen LogP contribution in [0.3, 0.4) is 0 Å². The van der Waals surface area contributed by atoms with Gasteiger partial charge < -0.3 is 14.2 Å². The molecule has 0 aliphatic carbocycles. The summed E-state index contributed by atoms with van der Waals surface area (Å²) >= 11 is 0. The van der Waals surface area contributed by atoms with Crippen molar-refractivity contribution in [1.82, 2.24) is 0 Å². The third kappa shape index (κ3) is 4.47. The third-order valence-corrected chi connectivity index (χ3v) is 4.30. The van der Waals surface area contributed by atoms with Crippen molar-refractivity contribution >= 4 is 5.78 Å². The van der Waals surface area contributed by atoms with Crippen LogP contribution in [0.1, 0.15) is 27.0 Å². The third-order valence-electron chi connectivity index (χ3n) is 4.30. The molecule has 0 spiro atoms. The number of ketones is 1. The van der Waals surface area contributed by atoms with Gasteiger partial charge in [0.25, 0.3) is 0 Å². The van der Waals surface area contributed by atoms with Crippen molar-refractivity contribution in [2.75, 3.05) is 14.2 Å². The topological polar surface area (TPSA) is 44.8 Å². The molecular formula is C23H22O4. The first-order chi connectivity index (χ1) is 13.1. The summed E-state index contributed by atoms with van der Waals surface area (Å²) in [7, 11) is 3.11. The maximum atomic E-state index is 12.8. The van der Waals surface area contributed by atoms with E-state index in [1.54, 1.807) is 49.6 Å². The molecule has 0 atom stereocenters. The van der Waals surface area contributed by atoms with Crippen LogP contribution >= 0.6 is 0 Å². The minimum atomic E-state index is -0.111. The molecule has 3 aromatic rings. The van der Waals surface area contributed by atoms with Crippen LogP contribution in [0.5, 0.6) is 17.2 Å². The van der Waals surface area contributed by atoms with Crippen LogP contribution in [0.15, 0.2) is 66.7 Å². The van der Waals surface area contributed by atoms with Gasteiger partial charge in [-0.3, -0.25) is 4.79 Å². The number of rotatable bonds is 7. The van der Waals surface area contributed by atoms with Gasteiger partial charge in [0.15, 0.2) is 5.78 Å². The number of carbonyl (C=O) groups excluding carboxylic acids is 1. The first kappa shape index (κ1) is 18.5. The van der Waals surface area contributed by atoms with Crippen molar-refractivity contribution in [1.29, 1.82) is 0 Å². The Balaban J connectivity index is 1.71. The number of hydrogen-bond acceptors (Lipinski definition) is 4. The van der Waals surface area contributed by atoms with Gasteiger partial charge in [-0.25, -0.2) is 0 Å². The zero-order valence-electron chi connectivity index (χ0n) is 15.7. The van der Waals surface area contributed by atoms with E-state index < -0.39 is 0 Å². The molecule has 0 aromatic heterocycles. The molecule has 3 aromatic carbocycles. The first-order valence-electron chi connectivity index (χ1n) is 8.66. The van der Waals surface area contributed by atoms with Crippen LogP contribution in [0.25, 0.3) is 0 Å². The molecule has 138 valence electrons. The Morgan fingerprint density at radius 1 is 0.815 bits per heavy atom. The molecule has 0 heterocycles. The van der Waals surface area contributed by atoms with E-state index in [0.29, 0.717) is 35.0 Å². The lowest BCUT2D eigenvalue weighted by Gasteiger charge is -2.10. The van der Waals surface area contributed by atoms with Crippen molar-refractivity contribution in [3.8, 4) is 17.2 Å². The molecule has 0 aliphatic rings. The van der Waals surface area contributed by atoms with Crippen molar-refractivity contribution in [2.45, 2.75) is 13.5 Å². The molecule has 0 radical (unpaired) electrons. The summed E-state index contributed by atoms with van der Waals surface area (Å²) in [6.45, 7) is 2.54. The van der Waals surface area contributed by atoms with Gasteiger partial charge in [-0.15, -0.1) is 0 Å². The Labute approximate surface area is 159 Å². The largest absolute Gasteiger partial charge is 0.497 e. The first-order valence-corrected chi connectivity index (χ1v) is 8.66. The zero-order valence-corrected chi connectivity index (χ0v) is 15.7. The molecule has 0 aliphatic heterocycles. The number of aryl methyl sites for hydroxylation is 1. The Hall–Kier alpha value is -3.27. The zero-order chi connectivity index (χ0) is 19.2. The molecule has 0 unspecified atom stereocenters. The summed E-state index contributed by atoms with van der Waals surface area (Å²) < 4.78 is 16.3. The van der Waals surface area contributed by atoms with Gasteiger partial charge in [0.2, 0.25) is 0 Å². The highest BCUT2D eigenvalue weighted by atomic mass is 16.5. The summed E-state index contributed by atoms with van der Waals surface area (Å²) in [6, 6.07) is 20.5. The summed E-state index contributed by atoms with van der Waals surface area (Å²) in [6.07, 6.45) is 0. The number of methoxy groups -OCH3 is 2. The molecule has 4 nitrogen and oxygen atoms in total. The van der Waals surface area contributed by atoms with Crippen molar-refractivity contribution in [2.24, 2.45) is 0 Å². The van der Waals surface area contributed by atoms with Gasteiger partial charge in [-0.05, 0) is 48.9 Å². The van der Waals surface area contributed by atoms with Crippen LogP contribution in [0.4, 0.5) is 0 Å². The molecule has 0 saturated heterocycles. The van der Waals surface area contributed by atoms with E-state index in [1.807, 2.05) is 12.1 Å². The second-order valence-electron chi connectivity index (χ2n) is 6.19. The smallest absolute Gasteiger partial charge is 0.196 e. The van der Waals surface area contributed by atoms with Crippen molar-refractivity contribution < 1.29 is 19.0 Å². The molecule has 0 amide bonds. The van der Waals surface area contributed by atoms with E-state index in [4.69, 9.17) is 14.2 Å². The maximum absolute atomic E-state index is 12.8. The number of hydrogen-bond donors (Lipinski definition) is 0. The second kappa shape index (κ2) is 8.41. The SMILES string of the molecule is COc1ccc(C(=O)c2ccc(OCc3ccc(C)cc3)cc2)c(OC)c1. The maximum Gasteiger partial charge on any atom is 0.196 e. The molecule has 4 heteroatoms. The normalized spacial score (nSPS) is 10.3. The van der Waals surface area contributed by atoms with Gasteiger partial charge in [-0.2, -0.15) is 0 Å². The highest BCUT2D eigenvalue weighted by molar-refractivity contribution is 6.10. The van der Waals surface area contributed by atoms with Crippen LogP contribution in [0.2, 0.25) is 0 Å². The van der Waals surface area contributed by atoms with E-state index in [-0.39, 0.29) is 5.78 Å². The number of benzene rings is 3. The van der Waals surface area contributed by atoms with Crippen molar-refractivity contribution in [3.63, 3.8) is 0 Å². The minimum Gasteiger partial charge on any atom is -0.497 e. The molecule has 0 fully saturated rings. The van der Waals surface area contributed by atoms with E-state index in [0.717, 1.165) is 5.56 Å². The molecule has 3 rings (SSSR count). The molecule has 0 N–H and O–H groups in total. The van der Waals surface area contributed by atoms with Gasteiger partial charge >= 0.3 is 0 Å². The average molecular weight is 362 g/mol. The lowest BCUT2D eigenvalue weighted by atomic mass is 10.0. The predicted molar refractivity (Wildman–Crippen MR) is 105 cm³/mol. The molecular weight excluding hydrogens is 340 g/mol. The second-order valence-corrected chi connectivity index (χ2v) is 6.19. The lowest BCUT2D eigenvalue weighted by Crippen LogP contribution is -2.04. The summed E-state index contributed by atoms with van der Waals surface area (Å²) in [5.74, 6) is 1.73. The number of ether oxygens (including phenoxy) is 3. The highest BCUT2D eigenvalue weighted by Crippen LogP contribution is 2.27.